The van der Waals surface area contributed by atoms with Gasteiger partial charge in [0.25, 0.3) is 5.91 Å². The second-order valence-electron chi connectivity index (χ2n) is 7.04. The maximum atomic E-state index is 13.7. The Morgan fingerprint density at radius 2 is 2.11 bits per heavy atom. The van der Waals surface area contributed by atoms with E-state index in [9.17, 15) is 9.18 Å². The third-order valence-corrected chi connectivity index (χ3v) is 5.07. The van der Waals surface area contributed by atoms with Crippen LogP contribution in [0.15, 0.2) is 30.3 Å². The number of hydrogen-bond donors (Lipinski definition) is 1. The largest absolute Gasteiger partial charge is 0.354 e. The predicted octanol–water partition coefficient (Wildman–Crippen LogP) is 3.98. The predicted molar refractivity (Wildman–Crippen MR) is 104 cm³/mol. The molecule has 27 heavy (non-hydrogen) atoms. The van der Waals surface area contributed by atoms with E-state index >= 15 is 0 Å². The normalized spacial score (nSPS) is 17.0. The molecule has 2 heterocycles. The Morgan fingerprint density at radius 1 is 1.30 bits per heavy atom. The van der Waals surface area contributed by atoms with E-state index in [2.05, 4.69) is 22.2 Å². The second-order valence-corrected chi connectivity index (χ2v) is 7.04. The monoisotopic (exact) mass is 370 g/mol. The van der Waals surface area contributed by atoms with E-state index in [1.807, 2.05) is 17.9 Å². The highest BCUT2D eigenvalue weighted by atomic mass is 19.1. The summed E-state index contributed by atoms with van der Waals surface area (Å²) in [5, 5.41) is 3.12. The van der Waals surface area contributed by atoms with E-state index in [-0.39, 0.29) is 11.7 Å². The number of hydrogen-bond acceptors (Lipinski definition) is 4. The quantitative estimate of drug-likeness (QED) is 0.835. The molecule has 1 N–H and O–H groups in total. The number of carbonyl (C=O) groups excluding carboxylic acids is 1. The maximum absolute atomic E-state index is 13.7. The summed E-state index contributed by atoms with van der Waals surface area (Å²) < 4.78 is 13.7. The molecule has 0 bridgehead atoms. The number of likely N-dealkylation sites (tertiary alicyclic amines) is 1. The van der Waals surface area contributed by atoms with Crippen molar-refractivity contribution >= 4 is 11.9 Å². The minimum Gasteiger partial charge on any atom is -0.354 e. The van der Waals surface area contributed by atoms with Crippen molar-refractivity contribution in [1.29, 1.82) is 0 Å². The zero-order valence-corrected chi connectivity index (χ0v) is 16.0. The van der Waals surface area contributed by atoms with Crippen LogP contribution < -0.4 is 5.32 Å². The molecule has 0 aliphatic carbocycles. The summed E-state index contributed by atoms with van der Waals surface area (Å²) in [6, 6.07) is 8.76. The van der Waals surface area contributed by atoms with E-state index in [1.54, 1.807) is 18.2 Å². The Hall–Kier alpha value is -2.50. The molecular weight excluding hydrogens is 343 g/mol. The summed E-state index contributed by atoms with van der Waals surface area (Å²) in [5.41, 5.74) is 1.82. The average Bonchev–Trinajstić information content (AvgIpc) is 2.68. The molecule has 5 nitrogen and oxygen atoms in total. The number of aromatic nitrogens is 2. The summed E-state index contributed by atoms with van der Waals surface area (Å²) >= 11 is 0. The van der Waals surface area contributed by atoms with Crippen LogP contribution in [0.5, 0.6) is 0 Å². The first-order valence-electron chi connectivity index (χ1n) is 9.72. The molecule has 1 amide bonds. The van der Waals surface area contributed by atoms with Gasteiger partial charge in [0.2, 0.25) is 5.95 Å². The lowest BCUT2D eigenvalue weighted by Crippen LogP contribution is -2.43. The lowest BCUT2D eigenvalue weighted by atomic mass is 9.99. The first kappa shape index (κ1) is 19.3. The van der Waals surface area contributed by atoms with Crippen molar-refractivity contribution in [2.75, 3.05) is 18.4 Å². The van der Waals surface area contributed by atoms with Crippen molar-refractivity contribution in [3.63, 3.8) is 0 Å². The molecule has 0 radical (unpaired) electrons. The summed E-state index contributed by atoms with van der Waals surface area (Å²) in [5.74, 6) is 0.181. The van der Waals surface area contributed by atoms with E-state index in [4.69, 9.17) is 0 Å². The molecule has 1 aliphatic heterocycles. The van der Waals surface area contributed by atoms with Crippen LogP contribution in [0.3, 0.4) is 0 Å². The highest BCUT2D eigenvalue weighted by Crippen LogP contribution is 2.22. The average molecular weight is 370 g/mol. The van der Waals surface area contributed by atoms with Gasteiger partial charge >= 0.3 is 0 Å². The lowest BCUT2D eigenvalue weighted by Gasteiger charge is -2.35. The Labute approximate surface area is 160 Å². The molecule has 2 aromatic rings. The van der Waals surface area contributed by atoms with Crippen LogP contribution in [-0.4, -0.2) is 39.9 Å². The fourth-order valence-corrected chi connectivity index (χ4v) is 3.61. The number of aryl methyl sites for hydroxylation is 1. The van der Waals surface area contributed by atoms with Crippen LogP contribution in [0.25, 0.3) is 0 Å². The van der Waals surface area contributed by atoms with Gasteiger partial charge < -0.3 is 10.2 Å². The Bertz CT molecular complexity index is 796. The molecule has 6 heteroatoms. The van der Waals surface area contributed by atoms with Gasteiger partial charge in [0.05, 0.1) is 0 Å². The Kier molecular flexibility index (Phi) is 6.37. The number of rotatable bonds is 6. The SMILES string of the molecule is CCC1CCCCN1C(=O)c1cc(C)nc(NCCc2ccccc2F)n1. The first-order valence-corrected chi connectivity index (χ1v) is 9.72. The summed E-state index contributed by atoms with van der Waals surface area (Å²) in [6.45, 7) is 5.26. The molecular formula is C21H27FN4O. The summed E-state index contributed by atoms with van der Waals surface area (Å²) in [6.07, 6.45) is 4.76. The van der Waals surface area contributed by atoms with E-state index in [0.29, 0.717) is 36.2 Å². The molecule has 1 unspecified atom stereocenters. The highest BCUT2D eigenvalue weighted by Gasteiger charge is 2.27. The number of nitrogens with one attached hydrogen (secondary N) is 1. The molecule has 144 valence electrons. The van der Waals surface area contributed by atoms with Crippen LogP contribution in [0.2, 0.25) is 0 Å². The number of carbonyl (C=O) groups is 1. The van der Waals surface area contributed by atoms with E-state index < -0.39 is 0 Å². The standard InChI is InChI=1S/C21H27FN4O/c1-3-17-9-6-7-13-26(17)20(27)19-14-15(2)24-21(25-19)23-12-11-16-8-4-5-10-18(16)22/h4-5,8,10,14,17H,3,6-7,9,11-13H2,1-2H3,(H,23,24,25). The number of halogens is 1. The number of piperidine rings is 1. The molecule has 1 aliphatic rings. The van der Waals surface area contributed by atoms with Gasteiger partial charge in [-0.2, -0.15) is 0 Å². The van der Waals surface area contributed by atoms with Crippen LogP contribution in [-0.2, 0) is 6.42 Å². The second kappa shape index (κ2) is 8.93. The molecule has 1 saturated heterocycles. The van der Waals surface area contributed by atoms with Crippen molar-refractivity contribution in [3.8, 4) is 0 Å². The first-order chi connectivity index (χ1) is 13.1. The number of amides is 1. The minimum absolute atomic E-state index is 0.0239. The zero-order chi connectivity index (χ0) is 19.2. The Morgan fingerprint density at radius 3 is 2.89 bits per heavy atom. The summed E-state index contributed by atoms with van der Waals surface area (Å²) in [7, 11) is 0. The molecule has 1 atom stereocenters. The van der Waals surface area contributed by atoms with Crippen molar-refractivity contribution in [2.24, 2.45) is 0 Å². The molecule has 0 saturated carbocycles. The van der Waals surface area contributed by atoms with Crippen LogP contribution in [0.1, 0.15) is 54.4 Å². The fourth-order valence-electron chi connectivity index (χ4n) is 3.61. The van der Waals surface area contributed by atoms with Gasteiger partial charge in [-0.15, -0.1) is 0 Å². The lowest BCUT2D eigenvalue weighted by molar-refractivity contribution is 0.0601. The zero-order valence-electron chi connectivity index (χ0n) is 16.0. The molecule has 1 aromatic carbocycles. The summed E-state index contributed by atoms with van der Waals surface area (Å²) in [4.78, 5) is 23.7. The van der Waals surface area contributed by atoms with Crippen molar-refractivity contribution < 1.29 is 9.18 Å². The van der Waals surface area contributed by atoms with Crippen LogP contribution in [0.4, 0.5) is 10.3 Å². The van der Waals surface area contributed by atoms with Gasteiger partial charge in [-0.05, 0) is 56.7 Å². The molecule has 1 fully saturated rings. The maximum Gasteiger partial charge on any atom is 0.272 e. The molecule has 0 spiro atoms. The number of benzene rings is 1. The van der Waals surface area contributed by atoms with Gasteiger partial charge in [0.1, 0.15) is 11.5 Å². The Balaban J connectivity index is 1.68. The van der Waals surface area contributed by atoms with Crippen molar-refractivity contribution in [1.82, 2.24) is 14.9 Å². The minimum atomic E-state index is -0.212. The van der Waals surface area contributed by atoms with Crippen LogP contribution in [0, 0.1) is 12.7 Å². The highest BCUT2D eigenvalue weighted by molar-refractivity contribution is 5.93. The third-order valence-electron chi connectivity index (χ3n) is 5.07. The smallest absolute Gasteiger partial charge is 0.272 e. The van der Waals surface area contributed by atoms with Crippen molar-refractivity contribution in [3.05, 3.63) is 53.1 Å². The van der Waals surface area contributed by atoms with Gasteiger partial charge in [0.15, 0.2) is 0 Å². The fraction of sp³-hybridized carbons (Fsp3) is 0.476. The topological polar surface area (TPSA) is 58.1 Å². The van der Waals surface area contributed by atoms with Crippen LogP contribution >= 0.6 is 0 Å². The van der Waals surface area contributed by atoms with Gasteiger partial charge in [-0.3, -0.25) is 4.79 Å². The van der Waals surface area contributed by atoms with Crippen molar-refractivity contribution in [2.45, 2.75) is 52.0 Å². The number of nitrogens with zero attached hydrogens (tertiary/aromatic N) is 3. The van der Waals surface area contributed by atoms with Gasteiger partial charge in [0, 0.05) is 24.8 Å². The number of anilines is 1. The van der Waals surface area contributed by atoms with E-state index in [1.165, 1.54) is 12.5 Å². The molecule has 3 rings (SSSR count). The van der Waals surface area contributed by atoms with Gasteiger partial charge in [-0.25, -0.2) is 14.4 Å². The molecule has 1 aromatic heterocycles. The van der Waals surface area contributed by atoms with Gasteiger partial charge in [-0.1, -0.05) is 25.1 Å². The van der Waals surface area contributed by atoms with E-state index in [0.717, 1.165) is 31.5 Å². The third kappa shape index (κ3) is 4.81.